The molecule has 0 fully saturated rings. The third-order valence-electron chi connectivity index (χ3n) is 2.60. The maximum absolute atomic E-state index is 12.5. The maximum atomic E-state index is 12.5. The van der Waals surface area contributed by atoms with Crippen LogP contribution in [0.2, 0.25) is 0 Å². The number of hydrogen-bond acceptors (Lipinski definition) is 2. The second-order valence-corrected chi connectivity index (χ2v) is 4.52. The third-order valence-corrected chi connectivity index (χ3v) is 2.60. The molecule has 0 spiro atoms. The van der Waals surface area contributed by atoms with Gasteiger partial charge in [0.2, 0.25) is 5.95 Å². The van der Waals surface area contributed by atoms with Gasteiger partial charge in [0, 0.05) is 12.1 Å². The Balaban J connectivity index is 2.52. The number of nitrogens with zero attached hydrogens (tertiary/aromatic N) is 2. The Bertz CT molecular complexity index is 532. The van der Waals surface area contributed by atoms with Gasteiger partial charge in [-0.3, -0.25) is 0 Å². The largest absolute Gasteiger partial charge is 0.369 e. The highest BCUT2D eigenvalue weighted by atomic mass is 19.3. The van der Waals surface area contributed by atoms with Crippen molar-refractivity contribution in [1.82, 2.24) is 9.55 Å². The lowest BCUT2D eigenvalue weighted by Crippen LogP contribution is -2.07. The Kier molecular flexibility index (Phi) is 3.00. The Labute approximate surface area is 98.2 Å². The average Bonchev–Trinajstić information content (AvgIpc) is 2.54. The minimum absolute atomic E-state index is 0.0216. The molecule has 0 bridgehead atoms. The Morgan fingerprint density at radius 1 is 1.35 bits per heavy atom. The van der Waals surface area contributed by atoms with Gasteiger partial charge in [-0.05, 0) is 18.1 Å². The average molecular weight is 239 g/mol. The molecular formula is C12H15F2N3. The fraction of sp³-hybridized carbons (Fsp3) is 0.417. The SMILES string of the molecule is CC(C)Cn1c(N)nc2cc(C(F)F)ccc21. The number of benzene rings is 1. The molecule has 2 rings (SSSR count). The first-order valence-electron chi connectivity index (χ1n) is 5.53. The normalized spacial score (nSPS) is 11.9. The van der Waals surface area contributed by atoms with Gasteiger partial charge in [-0.25, -0.2) is 13.8 Å². The fourth-order valence-electron chi connectivity index (χ4n) is 1.86. The molecule has 0 aliphatic rings. The van der Waals surface area contributed by atoms with Crippen LogP contribution in [0.25, 0.3) is 11.0 Å². The van der Waals surface area contributed by atoms with Crippen molar-refractivity contribution in [2.24, 2.45) is 5.92 Å². The van der Waals surface area contributed by atoms with Crippen molar-refractivity contribution in [2.75, 3.05) is 5.73 Å². The molecule has 0 aliphatic heterocycles. The minimum Gasteiger partial charge on any atom is -0.369 e. The number of rotatable bonds is 3. The van der Waals surface area contributed by atoms with E-state index in [9.17, 15) is 8.78 Å². The van der Waals surface area contributed by atoms with Crippen molar-refractivity contribution < 1.29 is 8.78 Å². The highest BCUT2D eigenvalue weighted by Gasteiger charge is 2.13. The molecule has 1 aromatic carbocycles. The van der Waals surface area contributed by atoms with Gasteiger partial charge < -0.3 is 10.3 Å². The Morgan fingerprint density at radius 3 is 2.65 bits per heavy atom. The van der Waals surface area contributed by atoms with Crippen molar-refractivity contribution in [3.05, 3.63) is 23.8 Å². The van der Waals surface area contributed by atoms with E-state index in [4.69, 9.17) is 5.73 Å². The van der Waals surface area contributed by atoms with Gasteiger partial charge in [0.25, 0.3) is 6.43 Å². The molecule has 0 saturated carbocycles. The van der Waals surface area contributed by atoms with E-state index in [1.807, 2.05) is 4.57 Å². The number of nitrogen functional groups attached to an aromatic ring is 1. The van der Waals surface area contributed by atoms with Crippen LogP contribution < -0.4 is 5.73 Å². The van der Waals surface area contributed by atoms with Gasteiger partial charge in [-0.2, -0.15) is 0 Å². The van der Waals surface area contributed by atoms with E-state index in [0.29, 0.717) is 17.4 Å². The van der Waals surface area contributed by atoms with Gasteiger partial charge in [0.1, 0.15) is 0 Å². The van der Waals surface area contributed by atoms with Crippen molar-refractivity contribution in [3.8, 4) is 0 Å². The van der Waals surface area contributed by atoms with Gasteiger partial charge in [-0.15, -0.1) is 0 Å². The van der Waals surface area contributed by atoms with E-state index < -0.39 is 6.43 Å². The van der Waals surface area contributed by atoms with Crippen LogP contribution in [-0.2, 0) is 6.54 Å². The topological polar surface area (TPSA) is 43.8 Å². The first-order valence-corrected chi connectivity index (χ1v) is 5.53. The van der Waals surface area contributed by atoms with Crippen LogP contribution in [0.3, 0.4) is 0 Å². The number of hydrogen-bond donors (Lipinski definition) is 1. The summed E-state index contributed by atoms with van der Waals surface area (Å²) in [6.45, 7) is 4.87. The zero-order valence-corrected chi connectivity index (χ0v) is 9.82. The molecular weight excluding hydrogens is 224 g/mol. The molecule has 2 aromatic rings. The lowest BCUT2D eigenvalue weighted by atomic mass is 10.2. The van der Waals surface area contributed by atoms with Crippen LogP contribution in [0.15, 0.2) is 18.2 Å². The van der Waals surface area contributed by atoms with Gasteiger partial charge in [0.05, 0.1) is 11.0 Å². The second kappa shape index (κ2) is 4.31. The van der Waals surface area contributed by atoms with Crippen molar-refractivity contribution >= 4 is 17.0 Å². The van der Waals surface area contributed by atoms with Crippen LogP contribution in [0.5, 0.6) is 0 Å². The number of halogens is 2. The van der Waals surface area contributed by atoms with E-state index >= 15 is 0 Å². The van der Waals surface area contributed by atoms with Crippen LogP contribution >= 0.6 is 0 Å². The van der Waals surface area contributed by atoms with Crippen molar-refractivity contribution in [2.45, 2.75) is 26.8 Å². The number of alkyl halides is 2. The number of aromatic nitrogens is 2. The van der Waals surface area contributed by atoms with E-state index in [2.05, 4.69) is 18.8 Å². The molecule has 0 unspecified atom stereocenters. The molecule has 2 N–H and O–H groups in total. The molecule has 0 amide bonds. The summed E-state index contributed by atoms with van der Waals surface area (Å²) in [5, 5.41) is 0. The molecule has 0 radical (unpaired) electrons. The number of anilines is 1. The van der Waals surface area contributed by atoms with Gasteiger partial charge in [-0.1, -0.05) is 19.9 Å². The summed E-state index contributed by atoms with van der Waals surface area (Å²) >= 11 is 0. The smallest absolute Gasteiger partial charge is 0.263 e. The lowest BCUT2D eigenvalue weighted by molar-refractivity contribution is 0.151. The van der Waals surface area contributed by atoms with Crippen LogP contribution in [0.4, 0.5) is 14.7 Å². The summed E-state index contributed by atoms with van der Waals surface area (Å²) in [4.78, 5) is 4.12. The standard InChI is InChI=1S/C12H15F2N3/c1-7(2)6-17-10-4-3-8(11(13)14)5-9(10)16-12(17)15/h3-5,7,11H,6H2,1-2H3,(H2,15,16). The summed E-state index contributed by atoms with van der Waals surface area (Å²) in [7, 11) is 0. The summed E-state index contributed by atoms with van der Waals surface area (Å²) in [6.07, 6.45) is -2.48. The highest BCUT2D eigenvalue weighted by molar-refractivity contribution is 5.79. The number of imidazole rings is 1. The molecule has 17 heavy (non-hydrogen) atoms. The van der Waals surface area contributed by atoms with Gasteiger partial charge >= 0.3 is 0 Å². The molecule has 1 aromatic heterocycles. The van der Waals surface area contributed by atoms with Crippen LogP contribution in [0, 0.1) is 5.92 Å². The van der Waals surface area contributed by atoms with E-state index in [0.717, 1.165) is 12.1 Å². The zero-order chi connectivity index (χ0) is 12.6. The Morgan fingerprint density at radius 2 is 2.06 bits per heavy atom. The summed E-state index contributed by atoms with van der Waals surface area (Å²) < 4.78 is 26.9. The number of fused-ring (bicyclic) bond motifs is 1. The quantitative estimate of drug-likeness (QED) is 0.893. The van der Waals surface area contributed by atoms with Crippen molar-refractivity contribution in [3.63, 3.8) is 0 Å². The molecule has 1 heterocycles. The van der Waals surface area contributed by atoms with E-state index in [-0.39, 0.29) is 5.56 Å². The van der Waals surface area contributed by atoms with Gasteiger partial charge in [0.15, 0.2) is 0 Å². The molecule has 92 valence electrons. The van der Waals surface area contributed by atoms with Crippen LogP contribution in [-0.4, -0.2) is 9.55 Å². The predicted molar refractivity (Wildman–Crippen MR) is 63.9 cm³/mol. The Hall–Kier alpha value is -1.65. The second-order valence-electron chi connectivity index (χ2n) is 4.52. The third kappa shape index (κ3) is 2.23. The predicted octanol–water partition coefficient (Wildman–Crippen LogP) is 3.21. The fourth-order valence-corrected chi connectivity index (χ4v) is 1.86. The maximum Gasteiger partial charge on any atom is 0.263 e. The molecule has 0 saturated heterocycles. The first-order chi connectivity index (χ1) is 7.99. The molecule has 3 nitrogen and oxygen atoms in total. The molecule has 0 aliphatic carbocycles. The van der Waals surface area contributed by atoms with Crippen LogP contribution in [0.1, 0.15) is 25.8 Å². The monoisotopic (exact) mass is 239 g/mol. The number of nitrogens with two attached hydrogens (primary N) is 1. The first kappa shape index (κ1) is 11.8. The minimum atomic E-state index is -2.48. The van der Waals surface area contributed by atoms with E-state index in [1.165, 1.54) is 12.1 Å². The summed E-state index contributed by atoms with van der Waals surface area (Å²) in [5.41, 5.74) is 7.11. The molecule has 5 heteroatoms. The van der Waals surface area contributed by atoms with Crippen molar-refractivity contribution in [1.29, 1.82) is 0 Å². The summed E-state index contributed by atoms with van der Waals surface area (Å²) in [6, 6.07) is 4.47. The molecule has 0 atom stereocenters. The summed E-state index contributed by atoms with van der Waals surface area (Å²) in [5.74, 6) is 0.796. The lowest BCUT2D eigenvalue weighted by Gasteiger charge is -2.09. The highest BCUT2D eigenvalue weighted by Crippen LogP contribution is 2.25. The zero-order valence-electron chi connectivity index (χ0n) is 9.82. The van der Waals surface area contributed by atoms with E-state index in [1.54, 1.807) is 6.07 Å².